The number of nitrogen functional groups attached to an aromatic ring is 1. The molecule has 440 valence electrons. The maximum atomic E-state index is 12.5. The van der Waals surface area contributed by atoms with Crippen LogP contribution in [0.2, 0.25) is 0 Å². The molecule has 1 aliphatic heterocycles. The number of amidine groups is 1. The Bertz CT molecular complexity index is 3190. The van der Waals surface area contributed by atoms with Gasteiger partial charge in [-0.15, -0.1) is 50.1 Å². The minimum Gasteiger partial charge on any atom is -0.496 e. The maximum absolute atomic E-state index is 12.5. The van der Waals surface area contributed by atoms with Crippen LogP contribution in [0.4, 0.5) is 56.6 Å². The van der Waals surface area contributed by atoms with Crippen LogP contribution >= 0.6 is 0 Å². The second-order valence-electron chi connectivity index (χ2n) is 17.0. The van der Waals surface area contributed by atoms with Gasteiger partial charge in [0.15, 0.2) is 0 Å². The average molecular weight is 1150 g/mol. The zero-order chi connectivity index (χ0) is 60.0. The van der Waals surface area contributed by atoms with Crippen molar-refractivity contribution in [2.75, 3.05) is 58.7 Å². The number of benzene rings is 3. The summed E-state index contributed by atoms with van der Waals surface area (Å²) in [4.78, 5) is 25.2. The predicted molar refractivity (Wildman–Crippen MR) is 284 cm³/mol. The Labute approximate surface area is 460 Å². The molecule has 0 atom stereocenters. The summed E-state index contributed by atoms with van der Waals surface area (Å²) in [6, 6.07) is 16.6. The minimum atomic E-state index is -4.80. The SMILES string of the molecule is CCCC(=O)Nc1cc(C)c(-c2ccc(OC(F)(F)F)cc2OC)nc1OC.CCCC1=NNNN1c1cc(C)c(-c2ccc(OC(F)(F)F)cc2OC)nc1OC.COc1cc(OC(F)(F)F)ccc1-c1nc(OC)c(N)cc1C.[HH]. The van der Waals surface area contributed by atoms with E-state index in [1.165, 1.54) is 85.1 Å². The number of halogens is 9. The molecule has 19 nitrogen and oxygen atoms in total. The van der Waals surface area contributed by atoms with E-state index in [1.54, 1.807) is 31.0 Å². The van der Waals surface area contributed by atoms with Crippen molar-refractivity contribution in [2.45, 2.75) is 79.4 Å². The average Bonchev–Trinajstić information content (AvgIpc) is 3.86. The molecular formula is C53H60F9N9O10. The first kappa shape index (κ1) is 63.0. The molecule has 7 rings (SSSR count). The van der Waals surface area contributed by atoms with Crippen molar-refractivity contribution in [1.82, 2.24) is 26.0 Å². The highest BCUT2D eigenvalue weighted by molar-refractivity contribution is 5.99. The van der Waals surface area contributed by atoms with E-state index in [1.807, 2.05) is 26.8 Å². The fraction of sp³-hybridized carbons (Fsp3) is 0.340. The largest absolute Gasteiger partial charge is 0.573 e. The molecule has 3 aromatic carbocycles. The number of ether oxygens (including phenoxy) is 9. The Kier molecular flexibility index (Phi) is 21.3. The van der Waals surface area contributed by atoms with Gasteiger partial charge in [-0.1, -0.05) is 13.8 Å². The summed E-state index contributed by atoms with van der Waals surface area (Å²) >= 11 is 0. The zero-order valence-corrected chi connectivity index (χ0v) is 45.6. The van der Waals surface area contributed by atoms with Crippen LogP contribution in [0.25, 0.3) is 33.8 Å². The number of nitrogens with one attached hydrogen (secondary N) is 3. The number of aryl methyl sites for hydroxylation is 3. The molecule has 0 spiro atoms. The molecule has 28 heteroatoms. The molecule has 0 aliphatic carbocycles. The van der Waals surface area contributed by atoms with Crippen LogP contribution in [-0.4, -0.2) is 88.4 Å². The number of hydrogen-bond acceptors (Lipinski definition) is 18. The molecular weight excluding hydrogens is 1090 g/mol. The van der Waals surface area contributed by atoms with Gasteiger partial charge in [0.2, 0.25) is 23.5 Å². The highest BCUT2D eigenvalue weighted by Gasteiger charge is 2.34. The molecule has 81 heavy (non-hydrogen) atoms. The number of alkyl halides is 9. The molecule has 0 bridgehead atoms. The number of hydrogen-bond donors (Lipinski definition) is 4. The molecule has 6 aromatic rings. The van der Waals surface area contributed by atoms with Crippen LogP contribution in [0.5, 0.6) is 52.1 Å². The Morgan fingerprint density at radius 1 is 0.568 bits per heavy atom. The fourth-order valence-electron chi connectivity index (χ4n) is 7.81. The van der Waals surface area contributed by atoms with Crippen molar-refractivity contribution in [1.29, 1.82) is 0 Å². The number of aromatic nitrogens is 3. The third-order valence-electron chi connectivity index (χ3n) is 11.2. The first-order valence-corrected chi connectivity index (χ1v) is 24.1. The van der Waals surface area contributed by atoms with Gasteiger partial charge in [0.25, 0.3) is 0 Å². The monoisotopic (exact) mass is 1150 g/mol. The topological polar surface area (TPSA) is 217 Å². The number of methoxy groups -OCH3 is 6. The molecule has 1 aliphatic rings. The third kappa shape index (κ3) is 17.1. The molecule has 5 N–H and O–H groups in total. The van der Waals surface area contributed by atoms with E-state index < -0.39 is 24.8 Å². The number of hydrazine groups is 2. The summed E-state index contributed by atoms with van der Waals surface area (Å²) in [5.74, 6) is 0.709. The number of carbonyl (C=O) groups is 1. The quantitative estimate of drug-likeness (QED) is 0.0588. The molecule has 0 fully saturated rings. The molecule has 0 unspecified atom stereocenters. The molecule has 3 aromatic heterocycles. The van der Waals surface area contributed by atoms with E-state index >= 15 is 0 Å². The number of nitrogens with zero attached hydrogens (tertiary/aromatic N) is 5. The zero-order valence-electron chi connectivity index (χ0n) is 45.6. The Morgan fingerprint density at radius 2 is 0.975 bits per heavy atom. The van der Waals surface area contributed by atoms with Crippen molar-refractivity contribution in [3.8, 4) is 85.9 Å². The van der Waals surface area contributed by atoms with E-state index in [2.05, 4.69) is 50.7 Å². The fourth-order valence-corrected chi connectivity index (χ4v) is 7.81. The van der Waals surface area contributed by atoms with Crippen molar-refractivity contribution < 1.29 is 88.4 Å². The van der Waals surface area contributed by atoms with Crippen molar-refractivity contribution in [3.05, 3.63) is 89.5 Å². The second kappa shape index (κ2) is 27.4. The lowest BCUT2D eigenvalue weighted by molar-refractivity contribution is -0.275. The Hall–Kier alpha value is -8.82. The number of nitrogens with two attached hydrogens (primary N) is 1. The van der Waals surface area contributed by atoms with Gasteiger partial charge in [0.05, 0.1) is 65.4 Å². The number of pyridine rings is 3. The van der Waals surface area contributed by atoms with E-state index in [9.17, 15) is 44.3 Å². The third-order valence-corrected chi connectivity index (χ3v) is 11.2. The summed E-state index contributed by atoms with van der Waals surface area (Å²) in [5.41, 5.74) is 17.9. The summed E-state index contributed by atoms with van der Waals surface area (Å²) in [6.07, 6.45) is -11.7. The van der Waals surface area contributed by atoms with Crippen molar-refractivity contribution in [2.24, 2.45) is 5.10 Å². The predicted octanol–water partition coefficient (Wildman–Crippen LogP) is 12.4. The van der Waals surface area contributed by atoms with Crippen LogP contribution in [0.1, 0.15) is 57.6 Å². The lowest BCUT2D eigenvalue weighted by atomic mass is 10.0. The molecule has 0 saturated heterocycles. The van der Waals surface area contributed by atoms with E-state index in [0.717, 1.165) is 41.9 Å². The van der Waals surface area contributed by atoms with E-state index in [4.69, 9.17) is 34.2 Å². The number of anilines is 3. The summed E-state index contributed by atoms with van der Waals surface area (Å²) < 4.78 is 155. The van der Waals surface area contributed by atoms with Gasteiger partial charge in [0.1, 0.15) is 51.7 Å². The Balaban J connectivity index is 0.000000265. The van der Waals surface area contributed by atoms with Gasteiger partial charge >= 0.3 is 19.1 Å². The van der Waals surface area contributed by atoms with Gasteiger partial charge in [-0.3, -0.25) is 4.79 Å². The number of rotatable bonds is 18. The van der Waals surface area contributed by atoms with Crippen molar-refractivity contribution >= 4 is 28.8 Å². The van der Waals surface area contributed by atoms with Crippen LogP contribution in [0.3, 0.4) is 0 Å². The Morgan fingerprint density at radius 3 is 1.37 bits per heavy atom. The van der Waals surface area contributed by atoms with Crippen molar-refractivity contribution in [3.63, 3.8) is 0 Å². The standard InChI is InChI=1S/C19H22F3N5O3.C19H21F3N2O4.C15H15F3N2O3.H2/c1-5-6-16-24-25-26-27(16)14-9-11(2)17(23-18(14)29-4)13-8-7-12(10-15(13)28-3)30-19(20,21)22;1-5-6-16(25)23-14-9-11(2)17(24-18(14)27-4)13-8-7-12(10-15(13)26-3)28-19(20,21)22;1-8-6-11(19)14(22-3)20-13(8)10-5-4-9(7-12(10)21-2)23-15(16,17)18;/h7-10,25-26H,5-6H2,1-4H3;7-10H,5-6H2,1-4H3,(H,23,25);4-7H,19H2,1-3H3;1H. The summed E-state index contributed by atoms with van der Waals surface area (Å²) in [6.45, 7) is 9.31. The molecule has 0 radical (unpaired) electrons. The first-order chi connectivity index (χ1) is 38.2. The van der Waals surface area contributed by atoms with Gasteiger partial charge < -0.3 is 53.7 Å². The van der Waals surface area contributed by atoms with Crippen LogP contribution in [-0.2, 0) is 4.79 Å². The van der Waals surface area contributed by atoms with Crippen LogP contribution in [0.15, 0.2) is 77.9 Å². The van der Waals surface area contributed by atoms with Crippen LogP contribution < -0.4 is 69.8 Å². The first-order valence-electron chi connectivity index (χ1n) is 24.1. The molecule has 0 saturated carbocycles. The van der Waals surface area contributed by atoms with Crippen LogP contribution in [0, 0.1) is 20.8 Å². The van der Waals surface area contributed by atoms with Gasteiger partial charge in [-0.2, -0.15) is 0 Å². The second-order valence-corrected chi connectivity index (χ2v) is 17.0. The minimum absolute atomic E-state index is 0. The maximum Gasteiger partial charge on any atom is 0.573 e. The summed E-state index contributed by atoms with van der Waals surface area (Å²) in [7, 11) is 8.37. The van der Waals surface area contributed by atoms with E-state index in [-0.39, 0.29) is 47.8 Å². The van der Waals surface area contributed by atoms with Gasteiger partial charge in [-0.25, -0.2) is 25.5 Å². The number of hydrazone groups is 1. The summed E-state index contributed by atoms with van der Waals surface area (Å²) in [5, 5.41) is 8.69. The normalized spacial score (nSPS) is 12.1. The van der Waals surface area contributed by atoms with Gasteiger partial charge in [0, 0.05) is 49.2 Å². The van der Waals surface area contributed by atoms with Gasteiger partial charge in [-0.05, 0) is 105 Å². The lowest BCUT2D eigenvalue weighted by Crippen LogP contribution is -2.41. The highest BCUT2D eigenvalue weighted by Crippen LogP contribution is 2.42. The number of amides is 1. The molecule has 4 heterocycles. The number of carbonyl (C=O) groups excluding carboxylic acids is 1. The van der Waals surface area contributed by atoms with E-state index in [0.29, 0.717) is 75.1 Å². The lowest BCUT2D eigenvalue weighted by Gasteiger charge is -2.22. The highest BCUT2D eigenvalue weighted by atomic mass is 19.4. The molecule has 1 amide bonds. The smallest absolute Gasteiger partial charge is 0.496 e.